The van der Waals surface area contributed by atoms with Crippen molar-refractivity contribution in [2.45, 2.75) is 33.1 Å². The summed E-state index contributed by atoms with van der Waals surface area (Å²) in [4.78, 5) is 13.7. The topological polar surface area (TPSA) is 41.1 Å². The summed E-state index contributed by atoms with van der Waals surface area (Å²) in [5, 5.41) is 4.61. The second kappa shape index (κ2) is 7.58. The second-order valence-corrected chi connectivity index (χ2v) is 7.61. The van der Waals surface area contributed by atoms with Gasteiger partial charge in [-0.15, -0.1) is 23.7 Å². The summed E-state index contributed by atoms with van der Waals surface area (Å²) in [6.07, 6.45) is 5.60. The van der Waals surface area contributed by atoms with E-state index in [-0.39, 0.29) is 12.4 Å². The van der Waals surface area contributed by atoms with Gasteiger partial charge >= 0.3 is 0 Å². The Morgan fingerprint density at radius 3 is 2.44 bits per heavy atom. The smallest absolute Gasteiger partial charge is 0.142 e. The number of thiophene rings is 1. The van der Waals surface area contributed by atoms with Gasteiger partial charge in [-0.2, -0.15) is 0 Å². The number of hydrogen-bond acceptors (Lipinski definition) is 5. The van der Waals surface area contributed by atoms with Crippen LogP contribution in [0.4, 0.5) is 17.2 Å². The van der Waals surface area contributed by atoms with Gasteiger partial charge in [0.15, 0.2) is 0 Å². The van der Waals surface area contributed by atoms with Crippen LogP contribution in [0.3, 0.4) is 0 Å². The Morgan fingerprint density at radius 2 is 1.72 bits per heavy atom. The van der Waals surface area contributed by atoms with Gasteiger partial charge in [-0.25, -0.2) is 9.97 Å². The van der Waals surface area contributed by atoms with Gasteiger partial charge in [-0.3, -0.25) is 0 Å². The quantitative estimate of drug-likeness (QED) is 0.660. The highest BCUT2D eigenvalue weighted by Crippen LogP contribution is 2.34. The van der Waals surface area contributed by atoms with E-state index in [0.717, 1.165) is 21.7 Å². The molecule has 1 aromatic carbocycles. The van der Waals surface area contributed by atoms with E-state index >= 15 is 0 Å². The molecule has 0 amide bonds. The first kappa shape index (κ1) is 18.0. The van der Waals surface area contributed by atoms with E-state index in [0.29, 0.717) is 0 Å². The Labute approximate surface area is 158 Å². The van der Waals surface area contributed by atoms with E-state index in [1.54, 1.807) is 17.7 Å². The molecule has 3 heterocycles. The fourth-order valence-electron chi connectivity index (χ4n) is 3.32. The molecule has 1 fully saturated rings. The minimum atomic E-state index is 0. The molecule has 0 atom stereocenters. The van der Waals surface area contributed by atoms with Gasteiger partial charge in [-0.05, 0) is 62.9 Å². The zero-order valence-corrected chi connectivity index (χ0v) is 16.2. The number of hydrogen-bond donors (Lipinski definition) is 1. The fourth-order valence-corrected chi connectivity index (χ4v) is 4.32. The maximum absolute atomic E-state index is 4.46. The molecule has 2 aromatic heterocycles. The third-order valence-corrected chi connectivity index (χ3v) is 5.93. The summed E-state index contributed by atoms with van der Waals surface area (Å²) in [6, 6.07) is 8.70. The van der Waals surface area contributed by atoms with Gasteiger partial charge in [0, 0.05) is 29.3 Å². The number of rotatable bonds is 3. The Balaban J connectivity index is 0.00000182. The van der Waals surface area contributed by atoms with E-state index in [1.165, 1.54) is 48.5 Å². The van der Waals surface area contributed by atoms with Crippen molar-refractivity contribution < 1.29 is 0 Å². The highest BCUT2D eigenvalue weighted by molar-refractivity contribution is 7.18. The van der Waals surface area contributed by atoms with Crippen molar-refractivity contribution >= 4 is 51.2 Å². The highest BCUT2D eigenvalue weighted by Gasteiger charge is 2.13. The lowest BCUT2D eigenvalue weighted by Gasteiger charge is -2.28. The molecule has 1 aliphatic rings. The normalized spacial score (nSPS) is 14.4. The average Bonchev–Trinajstić information content (AvgIpc) is 2.92. The molecule has 25 heavy (non-hydrogen) atoms. The number of aryl methyl sites for hydroxylation is 2. The number of nitrogens with zero attached hydrogens (tertiary/aromatic N) is 3. The fraction of sp³-hybridized carbons (Fsp3) is 0.368. The largest absolute Gasteiger partial charge is 0.372 e. The lowest BCUT2D eigenvalue weighted by Crippen LogP contribution is -2.29. The number of fused-ring (bicyclic) bond motifs is 1. The summed E-state index contributed by atoms with van der Waals surface area (Å²) < 4.78 is 0. The van der Waals surface area contributed by atoms with Crippen molar-refractivity contribution in [3.63, 3.8) is 0 Å². The molecule has 0 radical (unpaired) electrons. The zero-order valence-electron chi connectivity index (χ0n) is 14.6. The van der Waals surface area contributed by atoms with Crippen LogP contribution in [0, 0.1) is 13.8 Å². The number of halogens is 1. The molecule has 0 aliphatic carbocycles. The van der Waals surface area contributed by atoms with Crippen LogP contribution >= 0.6 is 23.7 Å². The Hall–Kier alpha value is -1.85. The SMILES string of the molecule is Cc1sc2ncnc(Nc3ccc(N4CCCCC4)cc3)c2c1C.Cl. The number of anilines is 3. The van der Waals surface area contributed by atoms with Gasteiger partial charge in [-0.1, -0.05) is 0 Å². The first-order chi connectivity index (χ1) is 11.7. The van der Waals surface area contributed by atoms with Crippen molar-refractivity contribution in [2.75, 3.05) is 23.3 Å². The van der Waals surface area contributed by atoms with Crippen LogP contribution in [0.25, 0.3) is 10.2 Å². The van der Waals surface area contributed by atoms with Crippen molar-refractivity contribution in [2.24, 2.45) is 0 Å². The third-order valence-electron chi connectivity index (χ3n) is 4.82. The Kier molecular flexibility index (Phi) is 5.45. The summed E-state index contributed by atoms with van der Waals surface area (Å²) >= 11 is 1.73. The van der Waals surface area contributed by atoms with Crippen LogP contribution < -0.4 is 10.2 Å². The van der Waals surface area contributed by atoms with Crippen LogP contribution in [0.1, 0.15) is 29.7 Å². The predicted molar refractivity (Wildman–Crippen MR) is 110 cm³/mol. The minimum absolute atomic E-state index is 0. The Morgan fingerprint density at radius 1 is 1.00 bits per heavy atom. The second-order valence-electron chi connectivity index (χ2n) is 6.41. The van der Waals surface area contributed by atoms with Crippen molar-refractivity contribution in [3.8, 4) is 0 Å². The molecule has 4 nitrogen and oxygen atoms in total. The molecule has 6 heteroatoms. The van der Waals surface area contributed by atoms with E-state index in [9.17, 15) is 0 Å². The summed E-state index contributed by atoms with van der Waals surface area (Å²) in [6.45, 7) is 6.63. The maximum atomic E-state index is 4.46. The molecule has 0 saturated carbocycles. The van der Waals surface area contributed by atoms with Crippen molar-refractivity contribution in [3.05, 3.63) is 41.0 Å². The summed E-state index contributed by atoms with van der Waals surface area (Å²) in [5.41, 5.74) is 3.65. The van der Waals surface area contributed by atoms with E-state index in [2.05, 4.69) is 58.3 Å². The molecule has 0 unspecified atom stereocenters. The highest BCUT2D eigenvalue weighted by atomic mass is 35.5. The number of nitrogens with one attached hydrogen (secondary N) is 1. The molecular weight excluding hydrogens is 352 g/mol. The number of benzene rings is 1. The minimum Gasteiger partial charge on any atom is -0.372 e. The molecule has 1 aliphatic heterocycles. The molecule has 1 saturated heterocycles. The average molecular weight is 375 g/mol. The summed E-state index contributed by atoms with van der Waals surface area (Å²) in [7, 11) is 0. The van der Waals surface area contributed by atoms with Gasteiger partial charge in [0.2, 0.25) is 0 Å². The van der Waals surface area contributed by atoms with Crippen LogP contribution in [0.5, 0.6) is 0 Å². The van der Waals surface area contributed by atoms with E-state index in [4.69, 9.17) is 0 Å². The molecule has 1 N–H and O–H groups in total. The van der Waals surface area contributed by atoms with Gasteiger partial charge in [0.05, 0.1) is 5.39 Å². The summed E-state index contributed by atoms with van der Waals surface area (Å²) in [5.74, 6) is 0.896. The van der Waals surface area contributed by atoms with E-state index in [1.807, 2.05) is 0 Å². The van der Waals surface area contributed by atoms with Crippen LogP contribution in [-0.4, -0.2) is 23.1 Å². The molecule has 3 aromatic rings. The molecule has 0 bridgehead atoms. The van der Waals surface area contributed by atoms with Gasteiger partial charge in [0.1, 0.15) is 17.0 Å². The number of aromatic nitrogens is 2. The monoisotopic (exact) mass is 374 g/mol. The van der Waals surface area contributed by atoms with Crippen LogP contribution in [0.2, 0.25) is 0 Å². The van der Waals surface area contributed by atoms with E-state index < -0.39 is 0 Å². The lowest BCUT2D eigenvalue weighted by atomic mass is 10.1. The van der Waals surface area contributed by atoms with Crippen molar-refractivity contribution in [1.82, 2.24) is 9.97 Å². The molecule has 0 spiro atoms. The Bertz CT molecular complexity index is 854. The third kappa shape index (κ3) is 3.58. The number of piperidine rings is 1. The predicted octanol–water partition coefficient (Wildman–Crippen LogP) is 5.46. The first-order valence-electron chi connectivity index (χ1n) is 8.55. The zero-order chi connectivity index (χ0) is 16.5. The molecular formula is C19H23ClN4S. The van der Waals surface area contributed by atoms with Crippen molar-refractivity contribution in [1.29, 1.82) is 0 Å². The van der Waals surface area contributed by atoms with Crippen LogP contribution in [-0.2, 0) is 0 Å². The molecule has 132 valence electrons. The van der Waals surface area contributed by atoms with Crippen LogP contribution in [0.15, 0.2) is 30.6 Å². The standard InChI is InChI=1S/C19H22N4S.ClH/c1-13-14(2)24-19-17(13)18(20-12-21-19)22-15-6-8-16(9-7-15)23-10-4-3-5-11-23;/h6-9,12H,3-5,10-11H2,1-2H3,(H,20,21,22);1H. The first-order valence-corrected chi connectivity index (χ1v) is 9.37. The maximum Gasteiger partial charge on any atom is 0.142 e. The lowest BCUT2D eigenvalue weighted by molar-refractivity contribution is 0.578. The molecule has 4 rings (SSSR count). The van der Waals surface area contributed by atoms with Gasteiger partial charge in [0.25, 0.3) is 0 Å². The van der Waals surface area contributed by atoms with Gasteiger partial charge < -0.3 is 10.2 Å².